The van der Waals surface area contributed by atoms with Crippen LogP contribution < -0.4 is 11.1 Å². The van der Waals surface area contributed by atoms with Gasteiger partial charge in [0.2, 0.25) is 0 Å². The summed E-state index contributed by atoms with van der Waals surface area (Å²) in [6, 6.07) is 5.04. The van der Waals surface area contributed by atoms with Gasteiger partial charge in [0.1, 0.15) is 0 Å². The van der Waals surface area contributed by atoms with Gasteiger partial charge in [0.25, 0.3) is 0 Å². The molecule has 19 heavy (non-hydrogen) atoms. The van der Waals surface area contributed by atoms with Crippen LogP contribution in [-0.4, -0.2) is 17.6 Å². The summed E-state index contributed by atoms with van der Waals surface area (Å²) in [6.07, 6.45) is 5.37. The van der Waals surface area contributed by atoms with Crippen molar-refractivity contribution in [1.29, 1.82) is 0 Å². The quantitative estimate of drug-likeness (QED) is 0.687. The van der Waals surface area contributed by atoms with E-state index in [-0.39, 0.29) is 5.56 Å². The highest BCUT2D eigenvalue weighted by Crippen LogP contribution is 2.49. The number of carboxylic acid groups (broad SMARTS) is 1. The Hall–Kier alpha value is -1.71. The zero-order valence-corrected chi connectivity index (χ0v) is 10.9. The van der Waals surface area contributed by atoms with E-state index < -0.39 is 5.97 Å². The summed E-state index contributed by atoms with van der Waals surface area (Å²) >= 11 is 0. The number of carboxylic acids is 1. The van der Waals surface area contributed by atoms with Crippen LogP contribution in [0.1, 0.15) is 36.0 Å². The fourth-order valence-corrected chi connectivity index (χ4v) is 2.89. The third kappa shape index (κ3) is 2.83. The molecule has 1 aromatic rings. The van der Waals surface area contributed by atoms with Crippen LogP contribution in [-0.2, 0) is 0 Å². The van der Waals surface area contributed by atoms with Crippen molar-refractivity contribution in [3.05, 3.63) is 23.8 Å². The monoisotopic (exact) mass is 260 g/mol. The van der Waals surface area contributed by atoms with Crippen LogP contribution in [0.3, 0.4) is 0 Å². The van der Waals surface area contributed by atoms with E-state index in [9.17, 15) is 9.90 Å². The molecule has 0 atom stereocenters. The number of hydrogen-bond donors (Lipinski definition) is 3. The second kappa shape index (κ2) is 4.76. The Morgan fingerprint density at radius 2 is 1.95 bits per heavy atom. The van der Waals surface area contributed by atoms with E-state index in [0.717, 1.165) is 24.3 Å². The van der Waals surface area contributed by atoms with Crippen molar-refractivity contribution in [2.24, 2.45) is 17.8 Å². The summed E-state index contributed by atoms with van der Waals surface area (Å²) in [7, 11) is 0. The van der Waals surface area contributed by atoms with Crippen LogP contribution in [0.4, 0.5) is 11.4 Å². The number of hydrogen-bond acceptors (Lipinski definition) is 3. The second-order valence-electron chi connectivity index (χ2n) is 5.83. The Morgan fingerprint density at radius 3 is 2.47 bits per heavy atom. The summed E-state index contributed by atoms with van der Waals surface area (Å²) in [4.78, 5) is 11.2. The molecule has 0 aliphatic heterocycles. The fraction of sp³-hybridized carbons (Fsp3) is 0.533. The molecule has 0 heterocycles. The first-order chi connectivity index (χ1) is 9.15. The molecule has 0 spiro atoms. The van der Waals surface area contributed by atoms with Crippen molar-refractivity contribution in [3.63, 3.8) is 0 Å². The van der Waals surface area contributed by atoms with Gasteiger partial charge in [0.05, 0.1) is 5.56 Å². The van der Waals surface area contributed by atoms with Crippen molar-refractivity contribution in [2.75, 3.05) is 17.6 Å². The summed E-state index contributed by atoms with van der Waals surface area (Å²) in [6.45, 7) is 0.888. The van der Waals surface area contributed by atoms with Crippen molar-refractivity contribution >= 4 is 17.3 Å². The molecule has 0 bridgehead atoms. The first-order valence-corrected chi connectivity index (χ1v) is 7.02. The molecular formula is C15H20N2O2. The summed E-state index contributed by atoms with van der Waals surface area (Å²) in [5, 5.41) is 12.5. The van der Waals surface area contributed by atoms with Gasteiger partial charge in [-0.3, -0.25) is 0 Å². The normalized spacial score (nSPS) is 18.6. The maximum atomic E-state index is 11.2. The smallest absolute Gasteiger partial charge is 0.337 e. The zero-order valence-electron chi connectivity index (χ0n) is 10.9. The average molecular weight is 260 g/mol. The van der Waals surface area contributed by atoms with Crippen LogP contribution in [0.5, 0.6) is 0 Å². The topological polar surface area (TPSA) is 75.3 Å². The molecule has 3 rings (SSSR count). The molecule has 2 aliphatic carbocycles. The van der Waals surface area contributed by atoms with E-state index in [2.05, 4.69) is 5.32 Å². The van der Waals surface area contributed by atoms with Crippen LogP contribution in [0.2, 0.25) is 0 Å². The van der Waals surface area contributed by atoms with Crippen LogP contribution in [0.25, 0.3) is 0 Å². The van der Waals surface area contributed by atoms with E-state index in [1.807, 2.05) is 0 Å². The molecule has 4 N–H and O–H groups in total. The van der Waals surface area contributed by atoms with Crippen molar-refractivity contribution in [3.8, 4) is 0 Å². The third-order valence-electron chi connectivity index (χ3n) is 4.26. The highest BCUT2D eigenvalue weighted by atomic mass is 16.4. The number of carbonyl (C=O) groups is 1. The number of nitrogen functional groups attached to an aromatic ring is 1. The molecule has 0 amide bonds. The van der Waals surface area contributed by atoms with Gasteiger partial charge in [-0.15, -0.1) is 0 Å². The second-order valence-corrected chi connectivity index (χ2v) is 5.83. The van der Waals surface area contributed by atoms with Crippen molar-refractivity contribution in [2.45, 2.75) is 25.7 Å². The summed E-state index contributed by atoms with van der Waals surface area (Å²) in [5.74, 6) is 1.52. The predicted molar refractivity (Wildman–Crippen MR) is 75.2 cm³/mol. The Balaban J connectivity index is 1.70. The van der Waals surface area contributed by atoms with Gasteiger partial charge in [-0.1, -0.05) is 0 Å². The minimum Gasteiger partial charge on any atom is -0.478 e. The first-order valence-electron chi connectivity index (χ1n) is 7.02. The fourth-order valence-electron chi connectivity index (χ4n) is 2.89. The molecule has 0 saturated heterocycles. The third-order valence-corrected chi connectivity index (χ3v) is 4.26. The molecule has 4 heteroatoms. The molecule has 2 aliphatic rings. The summed E-state index contributed by atoms with van der Waals surface area (Å²) in [5.41, 5.74) is 7.09. The Labute approximate surface area is 113 Å². The van der Waals surface area contributed by atoms with Crippen molar-refractivity contribution in [1.82, 2.24) is 0 Å². The van der Waals surface area contributed by atoms with Crippen LogP contribution in [0, 0.1) is 17.8 Å². The Kier molecular flexibility index (Phi) is 3.09. The number of aromatic carboxylic acids is 1. The zero-order chi connectivity index (χ0) is 13.4. The van der Waals surface area contributed by atoms with Crippen LogP contribution >= 0.6 is 0 Å². The number of nitrogens with one attached hydrogen (secondary N) is 1. The Morgan fingerprint density at radius 1 is 1.32 bits per heavy atom. The van der Waals surface area contributed by atoms with Gasteiger partial charge in [-0.25, -0.2) is 4.79 Å². The number of anilines is 2. The van der Waals surface area contributed by atoms with Gasteiger partial charge in [-0.2, -0.15) is 0 Å². The number of benzene rings is 1. The largest absolute Gasteiger partial charge is 0.478 e. The Bertz CT molecular complexity index is 481. The first kappa shape index (κ1) is 12.3. The summed E-state index contributed by atoms with van der Waals surface area (Å²) < 4.78 is 0. The van der Waals surface area contributed by atoms with Gasteiger partial charge >= 0.3 is 5.97 Å². The van der Waals surface area contributed by atoms with E-state index in [1.165, 1.54) is 31.7 Å². The molecule has 0 unspecified atom stereocenters. The van der Waals surface area contributed by atoms with Crippen molar-refractivity contribution < 1.29 is 9.90 Å². The number of nitrogens with two attached hydrogens (primary N) is 1. The minimum absolute atomic E-state index is 0.269. The van der Waals surface area contributed by atoms with Crippen LogP contribution in [0.15, 0.2) is 18.2 Å². The molecule has 4 nitrogen and oxygen atoms in total. The van der Waals surface area contributed by atoms with Gasteiger partial charge in [-0.05, 0) is 61.6 Å². The molecule has 0 radical (unpaired) electrons. The SMILES string of the molecule is Nc1ccc(NCC(C2CC2)C2CC2)c(C(=O)O)c1. The lowest BCUT2D eigenvalue weighted by molar-refractivity contribution is 0.0698. The highest BCUT2D eigenvalue weighted by Gasteiger charge is 2.41. The maximum absolute atomic E-state index is 11.2. The minimum atomic E-state index is -0.927. The van der Waals surface area contributed by atoms with Gasteiger partial charge in [0.15, 0.2) is 0 Å². The van der Waals surface area contributed by atoms with Gasteiger partial charge < -0.3 is 16.2 Å². The molecular weight excluding hydrogens is 240 g/mol. The highest BCUT2D eigenvalue weighted by molar-refractivity contribution is 5.95. The van der Waals surface area contributed by atoms with Gasteiger partial charge in [0, 0.05) is 17.9 Å². The van der Waals surface area contributed by atoms with E-state index in [1.54, 1.807) is 12.1 Å². The number of rotatable bonds is 6. The van der Waals surface area contributed by atoms with E-state index >= 15 is 0 Å². The maximum Gasteiger partial charge on any atom is 0.337 e. The van der Waals surface area contributed by atoms with E-state index in [0.29, 0.717) is 11.4 Å². The lowest BCUT2D eigenvalue weighted by atomic mass is 9.97. The average Bonchev–Trinajstić information content (AvgIpc) is 3.25. The lowest BCUT2D eigenvalue weighted by Crippen LogP contribution is -2.19. The molecule has 102 valence electrons. The van der Waals surface area contributed by atoms with E-state index in [4.69, 9.17) is 5.73 Å². The lowest BCUT2D eigenvalue weighted by Gasteiger charge is -2.18. The molecule has 2 saturated carbocycles. The molecule has 0 aromatic heterocycles. The molecule has 1 aromatic carbocycles. The standard InChI is InChI=1S/C15H20N2O2/c16-11-5-6-14(12(7-11)15(18)19)17-8-13(9-1-2-9)10-3-4-10/h5-7,9-10,13,17H,1-4,8,16H2,(H,18,19). The predicted octanol–water partition coefficient (Wildman–Crippen LogP) is 2.82. The molecule has 2 fully saturated rings.